The number of thiophene rings is 1. The fraction of sp³-hybridized carbons (Fsp3) is 0.381. The highest BCUT2D eigenvalue weighted by atomic mass is 35.5. The van der Waals surface area contributed by atoms with Crippen LogP contribution >= 0.6 is 34.7 Å². The number of amides is 1. The monoisotopic (exact) mass is 460 g/mol. The Morgan fingerprint density at radius 1 is 1.30 bits per heavy atom. The fourth-order valence-corrected chi connectivity index (χ4v) is 6.44. The summed E-state index contributed by atoms with van der Waals surface area (Å²) in [5, 5.41) is 12.0. The van der Waals surface area contributed by atoms with Crippen LogP contribution in [0.3, 0.4) is 0 Å². The fourth-order valence-electron chi connectivity index (χ4n) is 4.29. The summed E-state index contributed by atoms with van der Waals surface area (Å²) in [6.07, 6.45) is 2.94. The Labute approximate surface area is 187 Å². The van der Waals surface area contributed by atoms with Crippen molar-refractivity contribution in [2.24, 2.45) is 5.73 Å². The number of aromatic nitrogens is 2. The molecule has 1 saturated heterocycles. The number of hydrogen-bond donors (Lipinski definition) is 2. The van der Waals surface area contributed by atoms with Crippen LogP contribution in [0.1, 0.15) is 29.1 Å². The molecule has 2 aromatic heterocycles. The summed E-state index contributed by atoms with van der Waals surface area (Å²) in [7, 11) is 0. The summed E-state index contributed by atoms with van der Waals surface area (Å²) >= 11 is 9.34. The van der Waals surface area contributed by atoms with Gasteiger partial charge in [-0.15, -0.1) is 23.1 Å². The third-order valence-corrected chi connectivity index (χ3v) is 8.10. The molecular formula is C21H21ClN4O2S2. The van der Waals surface area contributed by atoms with E-state index in [2.05, 4.69) is 0 Å². The van der Waals surface area contributed by atoms with Gasteiger partial charge in [0.05, 0.1) is 17.2 Å². The molecule has 1 fully saturated rings. The van der Waals surface area contributed by atoms with Crippen LogP contribution in [0, 0.1) is 0 Å². The van der Waals surface area contributed by atoms with E-state index in [4.69, 9.17) is 27.3 Å². The average molecular weight is 461 g/mol. The molecule has 2 atom stereocenters. The first kappa shape index (κ1) is 20.1. The molecule has 3 N–H and O–H groups in total. The first-order valence-electron chi connectivity index (χ1n) is 9.93. The first-order valence-corrected chi connectivity index (χ1v) is 12.1. The number of benzene rings is 1. The van der Waals surface area contributed by atoms with E-state index >= 15 is 0 Å². The van der Waals surface area contributed by atoms with Gasteiger partial charge >= 0.3 is 0 Å². The Balaban J connectivity index is 1.55. The van der Waals surface area contributed by atoms with Crippen LogP contribution < -0.4 is 10.6 Å². The zero-order chi connectivity index (χ0) is 20.8. The largest absolute Gasteiger partial charge is 0.391 e. The number of carbonyl (C=O) groups excluding carboxylic acids is 1. The van der Waals surface area contributed by atoms with E-state index in [0.29, 0.717) is 29.6 Å². The summed E-state index contributed by atoms with van der Waals surface area (Å²) in [6, 6.07) is 7.14. The number of β-amino-alcohol motifs (C(OH)–C–C–N with tert-alkyl or cyclic N) is 1. The van der Waals surface area contributed by atoms with E-state index in [1.54, 1.807) is 23.1 Å². The number of aliphatic hydroxyl groups is 1. The molecule has 1 aromatic carbocycles. The van der Waals surface area contributed by atoms with Crippen LogP contribution in [0.25, 0.3) is 10.2 Å². The number of rotatable bonds is 5. The van der Waals surface area contributed by atoms with Crippen molar-refractivity contribution in [3.05, 3.63) is 45.6 Å². The quantitative estimate of drug-likeness (QED) is 0.565. The maximum atomic E-state index is 12.1. The molecule has 2 aliphatic rings. The van der Waals surface area contributed by atoms with E-state index in [1.807, 2.05) is 29.2 Å². The molecule has 5 rings (SSSR count). The number of nitrogens with zero attached hydrogens (tertiary/aromatic N) is 3. The highest BCUT2D eigenvalue weighted by molar-refractivity contribution is 7.98. The van der Waals surface area contributed by atoms with Gasteiger partial charge in [0.25, 0.3) is 0 Å². The van der Waals surface area contributed by atoms with Gasteiger partial charge in [-0.25, -0.2) is 9.97 Å². The van der Waals surface area contributed by atoms with Crippen LogP contribution in [0.5, 0.6) is 0 Å². The molecule has 3 heterocycles. The number of fused-ring (bicyclic) bond motifs is 3. The minimum absolute atomic E-state index is 0.335. The molecule has 30 heavy (non-hydrogen) atoms. The standard InChI is InChI=1S/C21H21ClN4O2S2/c22-11-4-6-13(7-5-11)29-10-17-24-20(26-9-12(27)8-15(26)19(23)28)18-14-2-1-3-16(14)30-21(18)25-17/h4-7,12,15,27H,1-3,8-10H2,(H2,23,28). The molecule has 1 aliphatic heterocycles. The van der Waals surface area contributed by atoms with Crippen molar-refractivity contribution in [2.45, 2.75) is 48.5 Å². The Hall–Kier alpha value is -1.87. The van der Waals surface area contributed by atoms with Crippen molar-refractivity contribution in [2.75, 3.05) is 11.4 Å². The lowest BCUT2D eigenvalue weighted by Gasteiger charge is -2.24. The molecule has 3 aromatic rings. The molecule has 0 spiro atoms. The topological polar surface area (TPSA) is 92.3 Å². The van der Waals surface area contributed by atoms with Gasteiger partial charge in [-0.05, 0) is 49.1 Å². The van der Waals surface area contributed by atoms with Gasteiger partial charge in [-0.3, -0.25) is 4.79 Å². The summed E-state index contributed by atoms with van der Waals surface area (Å²) < 4.78 is 0. The average Bonchev–Trinajstić information content (AvgIpc) is 3.41. The number of aliphatic hydroxyl groups excluding tert-OH is 1. The third-order valence-electron chi connectivity index (χ3n) is 5.65. The van der Waals surface area contributed by atoms with Crippen LogP contribution in [-0.4, -0.2) is 39.7 Å². The summed E-state index contributed by atoms with van der Waals surface area (Å²) in [5.41, 5.74) is 6.96. The SMILES string of the molecule is NC(=O)C1CC(O)CN1c1nc(CSc2ccc(Cl)cc2)nc2sc3c(c12)CCC3. The van der Waals surface area contributed by atoms with E-state index in [9.17, 15) is 9.90 Å². The van der Waals surface area contributed by atoms with E-state index < -0.39 is 18.1 Å². The van der Waals surface area contributed by atoms with Crippen molar-refractivity contribution >= 4 is 56.6 Å². The Morgan fingerprint density at radius 2 is 2.10 bits per heavy atom. The number of primary amides is 1. The smallest absolute Gasteiger partial charge is 0.240 e. The third kappa shape index (κ3) is 3.66. The van der Waals surface area contributed by atoms with Crippen molar-refractivity contribution in [3.63, 3.8) is 0 Å². The molecule has 156 valence electrons. The summed E-state index contributed by atoms with van der Waals surface area (Å²) in [5.74, 6) is 1.63. The first-order chi connectivity index (χ1) is 14.5. The van der Waals surface area contributed by atoms with Crippen molar-refractivity contribution in [1.29, 1.82) is 0 Å². The highest BCUT2D eigenvalue weighted by Crippen LogP contribution is 2.42. The lowest BCUT2D eigenvalue weighted by molar-refractivity contribution is -0.119. The predicted octanol–water partition coefficient (Wildman–Crippen LogP) is 3.55. The van der Waals surface area contributed by atoms with E-state index in [1.165, 1.54) is 10.4 Å². The van der Waals surface area contributed by atoms with Gasteiger partial charge in [0.2, 0.25) is 5.91 Å². The molecule has 0 bridgehead atoms. The Morgan fingerprint density at radius 3 is 2.87 bits per heavy atom. The van der Waals surface area contributed by atoms with E-state index in [0.717, 1.165) is 40.2 Å². The molecule has 0 radical (unpaired) electrons. The molecule has 9 heteroatoms. The number of halogens is 1. The Kier molecular flexibility index (Phi) is 5.35. The molecule has 2 unspecified atom stereocenters. The second-order valence-electron chi connectivity index (χ2n) is 7.70. The minimum atomic E-state index is -0.592. The van der Waals surface area contributed by atoms with Crippen molar-refractivity contribution in [1.82, 2.24) is 9.97 Å². The lowest BCUT2D eigenvalue weighted by Crippen LogP contribution is -2.41. The number of carbonyl (C=O) groups is 1. The van der Waals surface area contributed by atoms with Crippen LogP contribution in [0.15, 0.2) is 29.2 Å². The second-order valence-corrected chi connectivity index (χ2v) is 10.3. The predicted molar refractivity (Wildman–Crippen MR) is 121 cm³/mol. The van der Waals surface area contributed by atoms with Gasteiger partial charge in [0.15, 0.2) is 0 Å². The molecule has 1 aliphatic carbocycles. The highest BCUT2D eigenvalue weighted by Gasteiger charge is 2.38. The van der Waals surface area contributed by atoms with Gasteiger partial charge in [0.1, 0.15) is 22.5 Å². The molecule has 0 saturated carbocycles. The summed E-state index contributed by atoms with van der Waals surface area (Å²) in [4.78, 5) is 27.1. The molecular weight excluding hydrogens is 440 g/mol. The van der Waals surface area contributed by atoms with Crippen molar-refractivity contribution < 1.29 is 9.90 Å². The minimum Gasteiger partial charge on any atom is -0.391 e. The van der Waals surface area contributed by atoms with Gasteiger partial charge in [-0.1, -0.05) is 11.6 Å². The van der Waals surface area contributed by atoms with Crippen LogP contribution in [0.4, 0.5) is 5.82 Å². The number of aryl methyl sites for hydroxylation is 2. The normalized spacial score (nSPS) is 20.8. The van der Waals surface area contributed by atoms with Crippen LogP contribution in [-0.2, 0) is 23.4 Å². The van der Waals surface area contributed by atoms with Crippen molar-refractivity contribution in [3.8, 4) is 0 Å². The summed E-state index contributed by atoms with van der Waals surface area (Å²) in [6.45, 7) is 0.355. The number of anilines is 1. The zero-order valence-corrected chi connectivity index (χ0v) is 18.6. The maximum Gasteiger partial charge on any atom is 0.240 e. The number of nitrogens with two attached hydrogens (primary N) is 1. The van der Waals surface area contributed by atoms with E-state index in [-0.39, 0.29) is 0 Å². The lowest BCUT2D eigenvalue weighted by atomic mass is 10.1. The maximum absolute atomic E-state index is 12.1. The Bertz CT molecular complexity index is 1120. The van der Waals surface area contributed by atoms with Gasteiger partial charge < -0.3 is 15.7 Å². The second kappa shape index (κ2) is 8.00. The van der Waals surface area contributed by atoms with Gasteiger partial charge in [-0.2, -0.15) is 0 Å². The number of thioether (sulfide) groups is 1. The zero-order valence-electron chi connectivity index (χ0n) is 16.2. The number of hydrogen-bond acceptors (Lipinski definition) is 7. The van der Waals surface area contributed by atoms with Crippen LogP contribution in [0.2, 0.25) is 5.02 Å². The molecule has 1 amide bonds. The molecule has 6 nitrogen and oxygen atoms in total. The van der Waals surface area contributed by atoms with Gasteiger partial charge in [0, 0.05) is 27.8 Å².